The molecule has 0 aliphatic heterocycles. The van der Waals surface area contributed by atoms with Gasteiger partial charge < -0.3 is 4.90 Å². The second-order valence-electron chi connectivity index (χ2n) is 19.1. The lowest BCUT2D eigenvalue weighted by Gasteiger charge is -2.27. The summed E-state index contributed by atoms with van der Waals surface area (Å²) in [6.45, 7) is 0. The molecule has 0 heterocycles. The van der Waals surface area contributed by atoms with Crippen molar-refractivity contribution in [1.82, 2.24) is 0 Å². The molecule has 0 unspecified atom stereocenters. The van der Waals surface area contributed by atoms with Crippen LogP contribution >= 0.6 is 0 Å². The van der Waals surface area contributed by atoms with Crippen LogP contribution in [0.15, 0.2) is 309 Å². The lowest BCUT2D eigenvalue weighted by atomic mass is 9.83. The molecule has 13 aromatic carbocycles. The number of nitrogens with zero attached hydrogens (tertiary/aromatic N) is 1. The summed E-state index contributed by atoms with van der Waals surface area (Å²) in [6.07, 6.45) is 0. The first-order chi connectivity index (χ1) is 37.2. The van der Waals surface area contributed by atoms with E-state index in [-0.39, 0.29) is 0 Å². The number of fused-ring (bicyclic) bond motifs is 3. The summed E-state index contributed by atoms with van der Waals surface area (Å²) in [7, 11) is 0. The fourth-order valence-corrected chi connectivity index (χ4v) is 11.2. The van der Waals surface area contributed by atoms with Crippen molar-refractivity contribution in [1.29, 1.82) is 0 Å². The number of benzene rings is 13. The zero-order valence-electron chi connectivity index (χ0n) is 41.4. The van der Waals surface area contributed by atoms with Crippen molar-refractivity contribution in [3.05, 3.63) is 309 Å². The van der Waals surface area contributed by atoms with Crippen molar-refractivity contribution in [2.45, 2.75) is 0 Å². The topological polar surface area (TPSA) is 3.24 Å². The summed E-state index contributed by atoms with van der Waals surface area (Å²) in [4.78, 5) is 2.41. The minimum Gasteiger partial charge on any atom is -0.310 e. The van der Waals surface area contributed by atoms with Crippen LogP contribution in [0.3, 0.4) is 0 Å². The van der Waals surface area contributed by atoms with E-state index >= 15 is 0 Å². The van der Waals surface area contributed by atoms with Gasteiger partial charge in [0.05, 0.1) is 0 Å². The summed E-state index contributed by atoms with van der Waals surface area (Å²) in [5.74, 6) is 0. The van der Waals surface area contributed by atoms with E-state index in [9.17, 15) is 0 Å². The highest BCUT2D eigenvalue weighted by atomic mass is 15.1. The minimum atomic E-state index is 1.07. The molecule has 0 saturated heterocycles. The van der Waals surface area contributed by atoms with E-state index in [0.29, 0.717) is 0 Å². The molecule has 0 bridgehead atoms. The number of hydrogen-bond donors (Lipinski definition) is 0. The largest absolute Gasteiger partial charge is 0.310 e. The van der Waals surface area contributed by atoms with E-state index in [1.54, 1.807) is 0 Å². The number of rotatable bonds is 11. The molecule has 0 aliphatic carbocycles. The van der Waals surface area contributed by atoms with Gasteiger partial charge in [-0.3, -0.25) is 0 Å². The van der Waals surface area contributed by atoms with Crippen LogP contribution in [-0.2, 0) is 0 Å². The average Bonchev–Trinajstić information content (AvgIpc) is 3.52. The van der Waals surface area contributed by atoms with Crippen molar-refractivity contribution in [3.8, 4) is 89.0 Å². The zero-order chi connectivity index (χ0) is 49.9. The molecule has 13 rings (SSSR count). The van der Waals surface area contributed by atoms with Gasteiger partial charge in [0, 0.05) is 17.1 Å². The average molecular weight is 954 g/mol. The van der Waals surface area contributed by atoms with Gasteiger partial charge in [0.15, 0.2) is 0 Å². The molecule has 0 fully saturated rings. The summed E-state index contributed by atoms with van der Waals surface area (Å²) >= 11 is 0. The molecule has 0 spiro atoms. The maximum atomic E-state index is 2.41. The van der Waals surface area contributed by atoms with Crippen LogP contribution in [0.1, 0.15) is 0 Å². The molecule has 352 valence electrons. The lowest BCUT2D eigenvalue weighted by molar-refractivity contribution is 1.28. The highest BCUT2D eigenvalue weighted by Crippen LogP contribution is 2.48. The third-order valence-electron chi connectivity index (χ3n) is 14.7. The van der Waals surface area contributed by atoms with E-state index < -0.39 is 0 Å². The standard InChI is InChI=1S/C74H51N/c1-7-22-52(23-8-1)60-42-48-64(70(50-60)54-26-11-3-12-27-54)56-38-43-61(44-39-56)75(63-47-49-65(53-24-9-2-10-25-53)71(51-63)55-28-13-4-14-29-55)62-45-40-57(41-46-62)66-36-21-37-69-73(59-32-17-6-18-33-59)72(58-30-15-5-16-31-58)67-34-19-20-35-68(67)74(66)69/h1-51H. The van der Waals surface area contributed by atoms with Crippen molar-refractivity contribution >= 4 is 38.6 Å². The SMILES string of the molecule is c1ccc(-c2ccc(-c3ccc(N(c4ccc(-c5cccc6c(-c7ccccc7)c(-c7ccccc7)c7ccccc7c56)cc4)c4ccc(-c5ccccc5)c(-c5ccccc5)c4)cc3)c(-c3ccccc3)c2)cc1. The highest BCUT2D eigenvalue weighted by Gasteiger charge is 2.22. The molecule has 0 N–H and O–H groups in total. The molecule has 1 nitrogen and oxygen atoms in total. The van der Waals surface area contributed by atoms with Crippen LogP contribution in [0, 0.1) is 0 Å². The molecule has 0 radical (unpaired) electrons. The summed E-state index contributed by atoms with van der Waals surface area (Å²) in [5.41, 5.74) is 22.4. The predicted octanol–water partition coefficient (Wildman–Crippen LogP) is 20.8. The van der Waals surface area contributed by atoms with Crippen LogP contribution in [0.4, 0.5) is 17.1 Å². The van der Waals surface area contributed by atoms with Gasteiger partial charge in [-0.25, -0.2) is 0 Å². The second-order valence-corrected chi connectivity index (χ2v) is 19.1. The Morgan fingerprint density at radius 3 is 1.04 bits per heavy atom. The third-order valence-corrected chi connectivity index (χ3v) is 14.7. The van der Waals surface area contributed by atoms with Crippen molar-refractivity contribution < 1.29 is 0 Å². The molecule has 0 saturated carbocycles. The molecule has 13 aromatic rings. The van der Waals surface area contributed by atoms with Gasteiger partial charge in [0.25, 0.3) is 0 Å². The fraction of sp³-hybridized carbons (Fsp3) is 0. The van der Waals surface area contributed by atoms with Gasteiger partial charge in [-0.05, 0) is 153 Å². The predicted molar refractivity (Wildman–Crippen MR) is 320 cm³/mol. The monoisotopic (exact) mass is 953 g/mol. The summed E-state index contributed by atoms with van der Waals surface area (Å²) < 4.78 is 0. The molecule has 1 heteroatoms. The lowest BCUT2D eigenvalue weighted by Crippen LogP contribution is -2.10. The smallest absolute Gasteiger partial charge is 0.0468 e. The molecular formula is C74H51N. The fourth-order valence-electron chi connectivity index (χ4n) is 11.2. The van der Waals surface area contributed by atoms with Crippen LogP contribution < -0.4 is 4.90 Å². The highest BCUT2D eigenvalue weighted by molar-refractivity contribution is 6.25. The Labute approximate surface area is 439 Å². The summed E-state index contributed by atoms with van der Waals surface area (Å²) in [6, 6.07) is 113. The normalized spacial score (nSPS) is 11.2. The van der Waals surface area contributed by atoms with E-state index in [4.69, 9.17) is 0 Å². The van der Waals surface area contributed by atoms with Gasteiger partial charge in [0.1, 0.15) is 0 Å². The van der Waals surface area contributed by atoms with E-state index in [1.165, 1.54) is 99.4 Å². The van der Waals surface area contributed by atoms with Crippen LogP contribution in [-0.4, -0.2) is 0 Å². The summed E-state index contributed by atoms with van der Waals surface area (Å²) in [5, 5.41) is 4.97. The van der Waals surface area contributed by atoms with Crippen molar-refractivity contribution in [2.75, 3.05) is 4.90 Å². The van der Waals surface area contributed by atoms with Gasteiger partial charge in [-0.1, -0.05) is 267 Å². The Morgan fingerprint density at radius 2 is 0.520 bits per heavy atom. The third kappa shape index (κ3) is 8.67. The van der Waals surface area contributed by atoms with Crippen LogP contribution in [0.5, 0.6) is 0 Å². The van der Waals surface area contributed by atoms with Crippen LogP contribution in [0.2, 0.25) is 0 Å². The Bertz CT molecular complexity index is 4100. The molecule has 0 atom stereocenters. The first kappa shape index (κ1) is 45.1. The molecular weight excluding hydrogens is 903 g/mol. The van der Waals surface area contributed by atoms with E-state index in [2.05, 4.69) is 314 Å². The Hall–Kier alpha value is -9.82. The van der Waals surface area contributed by atoms with Gasteiger partial charge in [-0.15, -0.1) is 0 Å². The van der Waals surface area contributed by atoms with Gasteiger partial charge >= 0.3 is 0 Å². The van der Waals surface area contributed by atoms with Crippen molar-refractivity contribution in [2.24, 2.45) is 0 Å². The quantitative estimate of drug-likeness (QED) is 0.117. The Morgan fingerprint density at radius 1 is 0.173 bits per heavy atom. The van der Waals surface area contributed by atoms with Crippen LogP contribution in [0.25, 0.3) is 111 Å². The first-order valence-electron chi connectivity index (χ1n) is 25.8. The molecule has 0 aliphatic rings. The number of hydrogen-bond acceptors (Lipinski definition) is 1. The maximum absolute atomic E-state index is 2.41. The molecule has 75 heavy (non-hydrogen) atoms. The Balaban J connectivity index is 0.970. The van der Waals surface area contributed by atoms with E-state index in [0.717, 1.165) is 28.2 Å². The number of anilines is 3. The molecule has 0 amide bonds. The maximum Gasteiger partial charge on any atom is 0.0468 e. The first-order valence-corrected chi connectivity index (χ1v) is 25.8. The minimum absolute atomic E-state index is 1.07. The van der Waals surface area contributed by atoms with Gasteiger partial charge in [0.2, 0.25) is 0 Å². The van der Waals surface area contributed by atoms with Crippen molar-refractivity contribution in [3.63, 3.8) is 0 Å². The zero-order valence-corrected chi connectivity index (χ0v) is 41.4. The molecule has 0 aromatic heterocycles. The van der Waals surface area contributed by atoms with E-state index in [1.807, 2.05) is 0 Å². The Kier molecular flexibility index (Phi) is 12.0. The van der Waals surface area contributed by atoms with Gasteiger partial charge in [-0.2, -0.15) is 0 Å². The second kappa shape index (κ2) is 20.0.